The summed E-state index contributed by atoms with van der Waals surface area (Å²) in [6.07, 6.45) is -0.483. The van der Waals surface area contributed by atoms with Crippen molar-refractivity contribution in [2.75, 3.05) is 0 Å². The number of aromatic amines is 1. The summed E-state index contributed by atoms with van der Waals surface area (Å²) in [7, 11) is 0. The van der Waals surface area contributed by atoms with Gasteiger partial charge in [0.15, 0.2) is 5.69 Å². The number of carbonyl (C=O) groups is 2. The molecule has 1 aromatic carbocycles. The molecule has 0 aliphatic heterocycles. The highest BCUT2D eigenvalue weighted by molar-refractivity contribution is 5.87. The Morgan fingerprint density at radius 2 is 1.63 bits per heavy atom. The number of benzene rings is 1. The molecule has 6 nitrogen and oxygen atoms in total. The lowest BCUT2D eigenvalue weighted by Gasteiger charge is -2.31. The Kier molecular flexibility index (Phi) is 7.67. The standard InChI is InChI=1S/C26H34F3N3O3/c1-24(2,3)35-23(34)25(4,5)30-22(33)14-16-6-8-17(9-7-16)18-10-12-19(13-11-18)20-15-21(32-31-20)26(27,28)29/h10-13,15-17H,6-9,14H2,1-5H3,(H,30,33)(H,31,32). The van der Waals surface area contributed by atoms with Gasteiger partial charge in [0.2, 0.25) is 5.91 Å². The fourth-order valence-electron chi connectivity index (χ4n) is 4.37. The molecule has 3 rings (SSSR count). The van der Waals surface area contributed by atoms with E-state index in [1.807, 2.05) is 12.1 Å². The maximum Gasteiger partial charge on any atom is 0.435 e. The first kappa shape index (κ1) is 26.8. The van der Waals surface area contributed by atoms with Crippen molar-refractivity contribution < 1.29 is 27.5 Å². The number of ether oxygens (including phenoxy) is 1. The molecule has 0 bridgehead atoms. The van der Waals surface area contributed by atoms with Gasteiger partial charge in [-0.15, -0.1) is 0 Å². The number of aromatic nitrogens is 2. The molecule has 1 aliphatic carbocycles. The summed E-state index contributed by atoms with van der Waals surface area (Å²) >= 11 is 0. The van der Waals surface area contributed by atoms with Crippen LogP contribution in [0.1, 0.15) is 83.9 Å². The topological polar surface area (TPSA) is 84.1 Å². The van der Waals surface area contributed by atoms with Crippen LogP contribution in [0.3, 0.4) is 0 Å². The molecule has 0 atom stereocenters. The molecule has 2 N–H and O–H groups in total. The third-order valence-electron chi connectivity index (χ3n) is 6.24. The van der Waals surface area contributed by atoms with Gasteiger partial charge in [-0.2, -0.15) is 18.3 Å². The van der Waals surface area contributed by atoms with Crippen molar-refractivity contribution in [3.05, 3.63) is 41.6 Å². The van der Waals surface area contributed by atoms with Crippen molar-refractivity contribution in [3.8, 4) is 11.3 Å². The highest BCUT2D eigenvalue weighted by Crippen LogP contribution is 2.38. The maximum absolute atomic E-state index is 12.8. The molecule has 192 valence electrons. The minimum atomic E-state index is -4.48. The maximum atomic E-state index is 12.8. The van der Waals surface area contributed by atoms with E-state index < -0.39 is 29.0 Å². The summed E-state index contributed by atoms with van der Waals surface area (Å²) in [5.41, 5.74) is -0.548. The van der Waals surface area contributed by atoms with E-state index in [4.69, 9.17) is 4.74 Å². The molecule has 1 aliphatic rings. The van der Waals surface area contributed by atoms with Crippen molar-refractivity contribution in [3.63, 3.8) is 0 Å². The first-order valence-corrected chi connectivity index (χ1v) is 11.9. The van der Waals surface area contributed by atoms with E-state index in [0.29, 0.717) is 23.6 Å². The van der Waals surface area contributed by atoms with Crippen LogP contribution in [0.2, 0.25) is 0 Å². The molecule has 1 aromatic heterocycles. The highest BCUT2D eigenvalue weighted by Gasteiger charge is 2.35. The lowest BCUT2D eigenvalue weighted by atomic mass is 9.77. The fourth-order valence-corrected chi connectivity index (χ4v) is 4.37. The van der Waals surface area contributed by atoms with E-state index in [2.05, 4.69) is 15.5 Å². The average Bonchev–Trinajstić information content (AvgIpc) is 3.24. The summed E-state index contributed by atoms with van der Waals surface area (Å²) in [5.74, 6) is -0.0403. The van der Waals surface area contributed by atoms with Crippen LogP contribution in [0.4, 0.5) is 13.2 Å². The summed E-state index contributed by atoms with van der Waals surface area (Å²) in [6.45, 7) is 8.65. The zero-order valence-electron chi connectivity index (χ0n) is 20.9. The van der Waals surface area contributed by atoms with Crippen molar-refractivity contribution >= 4 is 11.9 Å². The van der Waals surface area contributed by atoms with Crippen LogP contribution in [0, 0.1) is 5.92 Å². The molecule has 2 aromatic rings. The van der Waals surface area contributed by atoms with E-state index in [1.165, 1.54) is 0 Å². The predicted octanol–water partition coefficient (Wildman–Crippen LogP) is 6.00. The number of nitrogens with one attached hydrogen (secondary N) is 2. The molecule has 1 saturated carbocycles. The number of halogens is 3. The van der Waals surface area contributed by atoms with Gasteiger partial charge in [-0.05, 0) is 89.3 Å². The Bertz CT molecular complexity index is 1030. The zero-order chi connectivity index (χ0) is 26.0. The first-order valence-electron chi connectivity index (χ1n) is 11.9. The fraction of sp³-hybridized carbons (Fsp3) is 0.577. The van der Waals surface area contributed by atoms with E-state index in [9.17, 15) is 22.8 Å². The average molecular weight is 494 g/mol. The molecular weight excluding hydrogens is 459 g/mol. The number of H-pyrrole nitrogens is 1. The third-order valence-corrected chi connectivity index (χ3v) is 6.24. The van der Waals surface area contributed by atoms with Gasteiger partial charge in [-0.25, -0.2) is 4.79 Å². The predicted molar refractivity (Wildman–Crippen MR) is 126 cm³/mol. The Hall–Kier alpha value is -2.84. The van der Waals surface area contributed by atoms with E-state index in [0.717, 1.165) is 37.3 Å². The first-order chi connectivity index (χ1) is 16.1. The molecule has 0 radical (unpaired) electrons. The lowest BCUT2D eigenvalue weighted by Crippen LogP contribution is -2.52. The molecule has 1 fully saturated rings. The molecule has 0 spiro atoms. The van der Waals surface area contributed by atoms with Gasteiger partial charge in [-0.1, -0.05) is 24.3 Å². The van der Waals surface area contributed by atoms with Gasteiger partial charge in [0.05, 0.1) is 5.69 Å². The second-order valence-corrected chi connectivity index (χ2v) is 10.9. The number of amides is 1. The summed E-state index contributed by atoms with van der Waals surface area (Å²) in [4.78, 5) is 25.0. The van der Waals surface area contributed by atoms with Gasteiger partial charge in [0.1, 0.15) is 11.1 Å². The Labute approximate surface area is 204 Å². The number of rotatable bonds is 6. The Balaban J connectivity index is 1.50. The normalized spacial score (nSPS) is 19.3. The van der Waals surface area contributed by atoms with Crippen LogP contribution in [-0.2, 0) is 20.5 Å². The van der Waals surface area contributed by atoms with Gasteiger partial charge < -0.3 is 10.1 Å². The van der Waals surface area contributed by atoms with Crippen molar-refractivity contribution in [2.24, 2.45) is 5.92 Å². The quantitative estimate of drug-likeness (QED) is 0.484. The van der Waals surface area contributed by atoms with Crippen LogP contribution >= 0.6 is 0 Å². The number of alkyl halides is 3. The largest absolute Gasteiger partial charge is 0.458 e. The Morgan fingerprint density at radius 3 is 2.14 bits per heavy atom. The third kappa shape index (κ3) is 7.32. The van der Waals surface area contributed by atoms with Crippen LogP contribution in [-0.4, -0.2) is 33.2 Å². The summed E-state index contributed by atoms with van der Waals surface area (Å²) in [6, 6.07) is 8.52. The molecule has 35 heavy (non-hydrogen) atoms. The van der Waals surface area contributed by atoms with Gasteiger partial charge in [-0.3, -0.25) is 9.89 Å². The van der Waals surface area contributed by atoms with Crippen molar-refractivity contribution in [1.82, 2.24) is 15.5 Å². The van der Waals surface area contributed by atoms with Crippen LogP contribution in [0.15, 0.2) is 30.3 Å². The number of hydrogen-bond acceptors (Lipinski definition) is 4. The number of carbonyl (C=O) groups excluding carboxylic acids is 2. The van der Waals surface area contributed by atoms with Gasteiger partial charge >= 0.3 is 12.1 Å². The second kappa shape index (κ2) is 10.0. The second-order valence-electron chi connectivity index (χ2n) is 10.9. The molecule has 9 heteroatoms. The molecule has 1 amide bonds. The van der Waals surface area contributed by atoms with E-state index in [-0.39, 0.29) is 11.8 Å². The molecule has 0 saturated heterocycles. The molecule has 1 heterocycles. The van der Waals surface area contributed by atoms with Crippen LogP contribution in [0.5, 0.6) is 0 Å². The molecular formula is C26H34F3N3O3. The Morgan fingerprint density at radius 1 is 1.03 bits per heavy atom. The summed E-state index contributed by atoms with van der Waals surface area (Å²) in [5, 5.41) is 8.61. The van der Waals surface area contributed by atoms with Crippen molar-refractivity contribution in [2.45, 2.75) is 90.0 Å². The monoisotopic (exact) mass is 493 g/mol. The molecule has 0 unspecified atom stereocenters. The van der Waals surface area contributed by atoms with Crippen LogP contribution in [0.25, 0.3) is 11.3 Å². The van der Waals surface area contributed by atoms with Gasteiger partial charge in [0.25, 0.3) is 0 Å². The highest BCUT2D eigenvalue weighted by atomic mass is 19.4. The minimum Gasteiger partial charge on any atom is -0.458 e. The SMILES string of the molecule is CC(C)(C)OC(=O)C(C)(C)NC(=O)CC1CCC(c2ccc(-c3cc(C(F)(F)F)n[nH]3)cc2)CC1. The van der Waals surface area contributed by atoms with Crippen LogP contribution < -0.4 is 5.32 Å². The number of hydrogen-bond donors (Lipinski definition) is 2. The number of esters is 1. The van der Waals surface area contributed by atoms with Crippen molar-refractivity contribution in [1.29, 1.82) is 0 Å². The lowest BCUT2D eigenvalue weighted by molar-refractivity contribution is -0.163. The summed E-state index contributed by atoms with van der Waals surface area (Å²) < 4.78 is 43.7. The number of nitrogens with zero attached hydrogens (tertiary/aromatic N) is 1. The minimum absolute atomic E-state index is 0.161. The van der Waals surface area contributed by atoms with E-state index in [1.54, 1.807) is 46.8 Å². The van der Waals surface area contributed by atoms with Gasteiger partial charge in [0, 0.05) is 6.42 Å². The van der Waals surface area contributed by atoms with E-state index >= 15 is 0 Å². The zero-order valence-corrected chi connectivity index (χ0v) is 20.9. The smallest absolute Gasteiger partial charge is 0.435 e.